The zero-order valence-electron chi connectivity index (χ0n) is 15.6. The summed E-state index contributed by atoms with van der Waals surface area (Å²) in [5, 5.41) is 3.22. The Labute approximate surface area is 172 Å². The number of nitrogens with one attached hydrogen (secondary N) is 1. The van der Waals surface area contributed by atoms with Gasteiger partial charge in [0.05, 0.1) is 16.8 Å². The molecule has 0 aliphatic carbocycles. The Bertz CT molecular complexity index is 1020. The summed E-state index contributed by atoms with van der Waals surface area (Å²) < 4.78 is 6.97. The van der Waals surface area contributed by atoms with Crippen LogP contribution in [0.4, 0.5) is 5.69 Å². The number of halogens is 1. The molecule has 1 N–H and O–H groups in total. The molecule has 146 valence electrons. The van der Waals surface area contributed by atoms with Gasteiger partial charge in [-0.25, -0.2) is 4.98 Å². The van der Waals surface area contributed by atoms with Crippen molar-refractivity contribution in [3.8, 4) is 0 Å². The van der Waals surface area contributed by atoms with Crippen LogP contribution in [0.1, 0.15) is 11.4 Å². The van der Waals surface area contributed by atoms with Crippen molar-refractivity contribution in [3.05, 3.63) is 58.9 Å². The highest BCUT2D eigenvalue weighted by atomic mass is 35.5. The smallest absolute Gasteiger partial charge is 0.326 e. The topological polar surface area (TPSA) is 73.2 Å². The van der Waals surface area contributed by atoms with E-state index >= 15 is 0 Å². The first-order chi connectivity index (χ1) is 13.5. The third-order valence-corrected chi connectivity index (χ3v) is 5.07. The molecule has 0 spiro atoms. The fourth-order valence-electron chi connectivity index (χ4n) is 2.73. The van der Waals surface area contributed by atoms with Gasteiger partial charge < -0.3 is 14.6 Å². The second-order valence-corrected chi connectivity index (χ2v) is 7.48. The van der Waals surface area contributed by atoms with Gasteiger partial charge in [-0.3, -0.25) is 9.59 Å². The Morgan fingerprint density at radius 3 is 2.79 bits per heavy atom. The highest BCUT2D eigenvalue weighted by Crippen LogP contribution is 2.20. The SMILES string of the molecule is CSCc1nc2ccccc2n1CC(=O)OCC(=O)Nc1ccc(C)c(Cl)c1. The average molecular weight is 418 g/mol. The lowest BCUT2D eigenvalue weighted by molar-refractivity contribution is -0.147. The number of hydrogen-bond donors (Lipinski definition) is 1. The number of rotatable bonds is 7. The summed E-state index contributed by atoms with van der Waals surface area (Å²) in [4.78, 5) is 28.9. The number of carbonyl (C=O) groups excluding carboxylic acids is 2. The molecule has 0 bridgehead atoms. The van der Waals surface area contributed by atoms with Gasteiger partial charge in [0.2, 0.25) is 0 Å². The number of anilines is 1. The molecular weight excluding hydrogens is 398 g/mol. The largest absolute Gasteiger partial charge is 0.454 e. The average Bonchev–Trinajstić information content (AvgIpc) is 3.01. The van der Waals surface area contributed by atoms with E-state index in [0.29, 0.717) is 16.5 Å². The summed E-state index contributed by atoms with van der Waals surface area (Å²) in [5.41, 5.74) is 3.16. The fourth-order valence-corrected chi connectivity index (χ4v) is 3.39. The van der Waals surface area contributed by atoms with Gasteiger partial charge in [0.15, 0.2) is 6.61 Å². The van der Waals surface area contributed by atoms with Crippen molar-refractivity contribution in [2.75, 3.05) is 18.2 Å². The molecule has 0 saturated heterocycles. The number of hydrogen-bond acceptors (Lipinski definition) is 5. The molecule has 0 unspecified atom stereocenters. The van der Waals surface area contributed by atoms with Crippen LogP contribution in [-0.4, -0.2) is 34.3 Å². The molecule has 0 radical (unpaired) electrons. The van der Waals surface area contributed by atoms with Crippen molar-refractivity contribution in [2.45, 2.75) is 19.2 Å². The van der Waals surface area contributed by atoms with E-state index in [4.69, 9.17) is 16.3 Å². The van der Waals surface area contributed by atoms with E-state index in [-0.39, 0.29) is 13.2 Å². The van der Waals surface area contributed by atoms with Crippen LogP contribution >= 0.6 is 23.4 Å². The number of aryl methyl sites for hydroxylation is 1. The molecule has 0 atom stereocenters. The number of thioether (sulfide) groups is 1. The maximum absolute atomic E-state index is 12.3. The first-order valence-corrected chi connectivity index (χ1v) is 10.4. The van der Waals surface area contributed by atoms with Gasteiger partial charge in [-0.2, -0.15) is 11.8 Å². The molecule has 1 aromatic heterocycles. The molecule has 28 heavy (non-hydrogen) atoms. The number of aromatic nitrogens is 2. The van der Waals surface area contributed by atoms with Gasteiger partial charge in [0.25, 0.3) is 5.91 Å². The molecule has 0 fully saturated rings. The summed E-state index contributed by atoms with van der Waals surface area (Å²) in [6.07, 6.45) is 1.98. The van der Waals surface area contributed by atoms with Gasteiger partial charge in [-0.15, -0.1) is 0 Å². The van der Waals surface area contributed by atoms with Gasteiger partial charge >= 0.3 is 5.97 Å². The summed E-state index contributed by atoms with van der Waals surface area (Å²) in [7, 11) is 0. The highest BCUT2D eigenvalue weighted by molar-refractivity contribution is 7.97. The Morgan fingerprint density at radius 2 is 2.04 bits per heavy atom. The van der Waals surface area contributed by atoms with Gasteiger partial charge in [-0.1, -0.05) is 29.8 Å². The molecule has 8 heteroatoms. The molecule has 0 aliphatic heterocycles. The molecule has 0 saturated carbocycles. The van der Waals surface area contributed by atoms with Crippen molar-refractivity contribution in [2.24, 2.45) is 0 Å². The molecule has 3 aromatic rings. The van der Waals surface area contributed by atoms with Crippen molar-refractivity contribution in [3.63, 3.8) is 0 Å². The van der Waals surface area contributed by atoms with Crippen molar-refractivity contribution < 1.29 is 14.3 Å². The second-order valence-electron chi connectivity index (χ2n) is 6.21. The van der Waals surface area contributed by atoms with E-state index in [9.17, 15) is 9.59 Å². The first kappa shape index (κ1) is 20.2. The Morgan fingerprint density at radius 1 is 1.25 bits per heavy atom. The van der Waals surface area contributed by atoms with Crippen LogP contribution in [0.3, 0.4) is 0 Å². The summed E-state index contributed by atoms with van der Waals surface area (Å²) in [6, 6.07) is 12.8. The summed E-state index contributed by atoms with van der Waals surface area (Å²) in [5.74, 6) is 0.552. The van der Waals surface area contributed by atoms with Crippen molar-refractivity contribution >= 4 is 52.0 Å². The van der Waals surface area contributed by atoms with Crippen LogP contribution < -0.4 is 5.32 Å². The van der Waals surface area contributed by atoms with E-state index in [2.05, 4.69) is 10.3 Å². The van der Waals surface area contributed by atoms with Crippen LogP contribution in [0.25, 0.3) is 11.0 Å². The molecule has 1 amide bonds. The number of ether oxygens (including phenoxy) is 1. The molecule has 3 rings (SSSR count). The van der Waals surface area contributed by atoms with Gasteiger partial charge in [0, 0.05) is 10.7 Å². The lowest BCUT2D eigenvalue weighted by atomic mass is 10.2. The van der Waals surface area contributed by atoms with Crippen LogP contribution in [0.5, 0.6) is 0 Å². The zero-order valence-corrected chi connectivity index (χ0v) is 17.1. The van der Waals surface area contributed by atoms with E-state index in [0.717, 1.165) is 22.4 Å². The maximum Gasteiger partial charge on any atom is 0.326 e. The lowest BCUT2D eigenvalue weighted by Crippen LogP contribution is -2.23. The summed E-state index contributed by atoms with van der Waals surface area (Å²) in [6.45, 7) is 1.51. The minimum absolute atomic E-state index is 0.0000461. The predicted molar refractivity (Wildman–Crippen MR) is 113 cm³/mol. The third kappa shape index (κ3) is 4.85. The second kappa shape index (κ2) is 9.12. The number of amides is 1. The van der Waals surface area contributed by atoms with Crippen molar-refractivity contribution in [1.29, 1.82) is 0 Å². The van der Waals surface area contributed by atoms with Crippen LogP contribution in [0.2, 0.25) is 5.02 Å². The number of nitrogens with zero attached hydrogens (tertiary/aromatic N) is 2. The molecule has 0 aliphatic rings. The maximum atomic E-state index is 12.3. The Kier molecular flexibility index (Phi) is 6.59. The monoisotopic (exact) mass is 417 g/mol. The van der Waals surface area contributed by atoms with E-state index in [1.54, 1.807) is 30.0 Å². The third-order valence-electron chi connectivity index (χ3n) is 4.11. The van der Waals surface area contributed by atoms with E-state index < -0.39 is 11.9 Å². The van der Waals surface area contributed by atoms with Crippen LogP contribution in [0, 0.1) is 6.92 Å². The predicted octanol–water partition coefficient (Wildman–Crippen LogP) is 4.04. The number of para-hydroxylation sites is 2. The molecule has 6 nitrogen and oxygen atoms in total. The number of carbonyl (C=O) groups is 2. The number of imidazole rings is 1. The minimum Gasteiger partial charge on any atom is -0.454 e. The zero-order chi connectivity index (χ0) is 20.1. The normalized spacial score (nSPS) is 10.8. The van der Waals surface area contributed by atoms with Crippen LogP contribution in [0.15, 0.2) is 42.5 Å². The van der Waals surface area contributed by atoms with Crippen molar-refractivity contribution in [1.82, 2.24) is 9.55 Å². The number of esters is 1. The molecular formula is C20H20ClN3O3S. The quantitative estimate of drug-likeness (QED) is 0.587. The highest BCUT2D eigenvalue weighted by Gasteiger charge is 2.15. The number of fused-ring (bicyclic) bond motifs is 1. The standard InChI is InChI=1S/C20H20ClN3O3S/c1-13-7-8-14(9-15(13)21)22-19(25)11-27-20(26)10-24-17-6-4-3-5-16(17)23-18(24)12-28-2/h3-9H,10-12H2,1-2H3,(H,22,25). The van der Waals surface area contributed by atoms with E-state index in [1.807, 2.05) is 42.0 Å². The minimum atomic E-state index is -0.498. The molecule has 1 heterocycles. The van der Waals surface area contributed by atoms with Crippen LogP contribution in [-0.2, 0) is 26.6 Å². The Hall–Kier alpha value is -2.51. The fraction of sp³-hybridized carbons (Fsp3) is 0.250. The lowest BCUT2D eigenvalue weighted by Gasteiger charge is -2.10. The molecule has 2 aromatic carbocycles. The number of benzene rings is 2. The van der Waals surface area contributed by atoms with Gasteiger partial charge in [0.1, 0.15) is 12.4 Å². The summed E-state index contributed by atoms with van der Waals surface area (Å²) >= 11 is 7.67. The Balaban J connectivity index is 1.61. The van der Waals surface area contributed by atoms with E-state index in [1.165, 1.54) is 0 Å². The first-order valence-electron chi connectivity index (χ1n) is 8.62. The van der Waals surface area contributed by atoms with Gasteiger partial charge in [-0.05, 0) is 43.0 Å².